The highest BCUT2D eigenvalue weighted by atomic mass is 16.5. The molecule has 0 fully saturated rings. The van der Waals surface area contributed by atoms with Gasteiger partial charge in [-0.25, -0.2) is 4.79 Å². The molecule has 0 saturated carbocycles. The Morgan fingerprint density at radius 1 is 1.08 bits per heavy atom. The predicted molar refractivity (Wildman–Crippen MR) is 95.9 cm³/mol. The molecule has 0 unspecified atom stereocenters. The first-order valence-electron chi connectivity index (χ1n) is 8.15. The van der Waals surface area contributed by atoms with Gasteiger partial charge in [0.1, 0.15) is 6.29 Å². The third kappa shape index (κ3) is 5.28. The average Bonchev–Trinajstić information content (AvgIpc) is 2.66. The van der Waals surface area contributed by atoms with E-state index >= 15 is 0 Å². The standard InChI is InChI=1S/C20H21NO4/c1-3-14(2)16-8-10-18(11-9-16)21-19(23)13-25-20(24)17-6-4-15(12-22)5-7-17/h4-12,14H,3,13H2,1-2H3,(H,21,23)/t14-/m0/s1. The van der Waals surface area contributed by atoms with Crippen molar-refractivity contribution in [3.05, 3.63) is 65.2 Å². The van der Waals surface area contributed by atoms with Gasteiger partial charge in [0.05, 0.1) is 5.56 Å². The van der Waals surface area contributed by atoms with E-state index in [1.54, 1.807) is 0 Å². The second-order valence-electron chi connectivity index (χ2n) is 5.80. The van der Waals surface area contributed by atoms with Gasteiger partial charge >= 0.3 is 5.97 Å². The number of aldehydes is 1. The van der Waals surface area contributed by atoms with Gasteiger partial charge in [0, 0.05) is 11.3 Å². The minimum Gasteiger partial charge on any atom is -0.452 e. The summed E-state index contributed by atoms with van der Waals surface area (Å²) in [4.78, 5) is 34.3. The van der Waals surface area contributed by atoms with E-state index in [2.05, 4.69) is 19.2 Å². The number of rotatable bonds is 7. The molecule has 0 aliphatic heterocycles. The summed E-state index contributed by atoms with van der Waals surface area (Å²) >= 11 is 0. The normalized spacial score (nSPS) is 11.4. The fourth-order valence-electron chi connectivity index (χ4n) is 2.24. The van der Waals surface area contributed by atoms with Gasteiger partial charge in [-0.3, -0.25) is 9.59 Å². The average molecular weight is 339 g/mol. The number of benzene rings is 2. The van der Waals surface area contributed by atoms with Gasteiger partial charge in [-0.2, -0.15) is 0 Å². The summed E-state index contributed by atoms with van der Waals surface area (Å²) in [6, 6.07) is 13.6. The summed E-state index contributed by atoms with van der Waals surface area (Å²) in [5.74, 6) is -0.551. The molecule has 0 radical (unpaired) electrons. The Hall–Kier alpha value is -2.95. The van der Waals surface area contributed by atoms with Crippen molar-refractivity contribution in [3.63, 3.8) is 0 Å². The molecular weight excluding hydrogens is 318 g/mol. The van der Waals surface area contributed by atoms with E-state index in [0.717, 1.165) is 6.42 Å². The summed E-state index contributed by atoms with van der Waals surface area (Å²) in [7, 11) is 0. The smallest absolute Gasteiger partial charge is 0.338 e. The van der Waals surface area contributed by atoms with Crippen molar-refractivity contribution in [1.82, 2.24) is 0 Å². The molecular formula is C20H21NO4. The topological polar surface area (TPSA) is 72.5 Å². The zero-order valence-corrected chi connectivity index (χ0v) is 14.3. The van der Waals surface area contributed by atoms with Crippen LogP contribution in [0, 0.1) is 0 Å². The van der Waals surface area contributed by atoms with Crippen molar-refractivity contribution < 1.29 is 19.1 Å². The zero-order valence-electron chi connectivity index (χ0n) is 14.3. The van der Waals surface area contributed by atoms with Gasteiger partial charge in [-0.1, -0.05) is 38.1 Å². The molecule has 5 nitrogen and oxygen atoms in total. The minimum atomic E-state index is -0.611. The highest BCUT2D eigenvalue weighted by Crippen LogP contribution is 2.20. The molecule has 0 heterocycles. The maximum Gasteiger partial charge on any atom is 0.338 e. The van der Waals surface area contributed by atoms with Crippen LogP contribution >= 0.6 is 0 Å². The predicted octanol–water partition coefficient (Wildman–Crippen LogP) is 3.81. The molecule has 1 N–H and O–H groups in total. The lowest BCUT2D eigenvalue weighted by atomic mass is 9.99. The Bertz CT molecular complexity index is 735. The Labute approximate surface area is 147 Å². The van der Waals surface area contributed by atoms with Gasteiger partial charge < -0.3 is 10.1 Å². The number of ether oxygens (including phenoxy) is 1. The molecule has 2 aromatic rings. The van der Waals surface area contributed by atoms with Crippen LogP contribution in [0.3, 0.4) is 0 Å². The molecule has 130 valence electrons. The molecule has 0 spiro atoms. The number of carbonyl (C=O) groups excluding carboxylic acids is 3. The lowest BCUT2D eigenvalue weighted by Crippen LogP contribution is -2.20. The largest absolute Gasteiger partial charge is 0.452 e. The molecule has 0 bridgehead atoms. The van der Waals surface area contributed by atoms with E-state index in [0.29, 0.717) is 23.5 Å². The van der Waals surface area contributed by atoms with Crippen molar-refractivity contribution in [3.8, 4) is 0 Å². The van der Waals surface area contributed by atoms with E-state index in [1.807, 2.05) is 24.3 Å². The van der Waals surface area contributed by atoms with E-state index in [1.165, 1.54) is 29.8 Å². The highest BCUT2D eigenvalue weighted by molar-refractivity contribution is 5.95. The van der Waals surface area contributed by atoms with Crippen molar-refractivity contribution in [2.45, 2.75) is 26.2 Å². The molecule has 25 heavy (non-hydrogen) atoms. The number of anilines is 1. The first kappa shape index (κ1) is 18.4. The van der Waals surface area contributed by atoms with E-state index < -0.39 is 11.9 Å². The molecule has 0 saturated heterocycles. The number of esters is 1. The van der Waals surface area contributed by atoms with Crippen molar-refractivity contribution in [1.29, 1.82) is 0 Å². The van der Waals surface area contributed by atoms with Crippen LogP contribution in [-0.2, 0) is 9.53 Å². The molecule has 2 rings (SSSR count). The van der Waals surface area contributed by atoms with Crippen LogP contribution in [-0.4, -0.2) is 24.8 Å². The fourth-order valence-corrected chi connectivity index (χ4v) is 2.24. The van der Waals surface area contributed by atoms with E-state index in [4.69, 9.17) is 4.74 Å². The lowest BCUT2D eigenvalue weighted by Gasteiger charge is -2.10. The van der Waals surface area contributed by atoms with Gasteiger partial charge in [-0.15, -0.1) is 0 Å². The number of hydrogen-bond donors (Lipinski definition) is 1. The summed E-state index contributed by atoms with van der Waals surface area (Å²) in [5.41, 5.74) is 2.63. The van der Waals surface area contributed by atoms with Gasteiger partial charge in [0.2, 0.25) is 0 Å². The van der Waals surface area contributed by atoms with E-state index in [9.17, 15) is 14.4 Å². The summed E-state index contributed by atoms with van der Waals surface area (Å²) in [5, 5.41) is 2.69. The van der Waals surface area contributed by atoms with Crippen LogP contribution in [0.15, 0.2) is 48.5 Å². The maximum absolute atomic E-state index is 11.9. The number of amides is 1. The minimum absolute atomic E-state index is 0.288. The third-order valence-corrected chi connectivity index (χ3v) is 3.99. The molecule has 1 atom stereocenters. The first-order valence-corrected chi connectivity index (χ1v) is 8.15. The Morgan fingerprint density at radius 2 is 1.72 bits per heavy atom. The molecule has 1 amide bonds. The first-order chi connectivity index (χ1) is 12.0. The Kier molecular flexibility index (Phi) is 6.46. The van der Waals surface area contributed by atoms with Gasteiger partial charge in [-0.05, 0) is 42.2 Å². The SMILES string of the molecule is CC[C@H](C)c1ccc(NC(=O)COC(=O)c2ccc(C=O)cc2)cc1. The van der Waals surface area contributed by atoms with Crippen LogP contribution < -0.4 is 5.32 Å². The summed E-state index contributed by atoms with van der Waals surface area (Å²) in [6.45, 7) is 3.90. The van der Waals surface area contributed by atoms with Gasteiger partial charge in [0.25, 0.3) is 5.91 Å². The van der Waals surface area contributed by atoms with Crippen LogP contribution in [0.2, 0.25) is 0 Å². The number of nitrogens with one attached hydrogen (secondary N) is 1. The third-order valence-electron chi connectivity index (χ3n) is 3.99. The van der Waals surface area contributed by atoms with Crippen molar-refractivity contribution >= 4 is 23.9 Å². The second kappa shape index (κ2) is 8.78. The number of hydrogen-bond acceptors (Lipinski definition) is 4. The molecule has 2 aromatic carbocycles. The van der Waals surface area contributed by atoms with E-state index in [-0.39, 0.29) is 12.2 Å². The lowest BCUT2D eigenvalue weighted by molar-refractivity contribution is -0.119. The van der Waals surface area contributed by atoms with Crippen LogP contribution in [0.4, 0.5) is 5.69 Å². The van der Waals surface area contributed by atoms with Crippen LogP contribution in [0.5, 0.6) is 0 Å². The number of carbonyl (C=O) groups is 3. The van der Waals surface area contributed by atoms with Crippen molar-refractivity contribution in [2.24, 2.45) is 0 Å². The monoisotopic (exact) mass is 339 g/mol. The highest BCUT2D eigenvalue weighted by Gasteiger charge is 2.11. The summed E-state index contributed by atoms with van der Waals surface area (Å²) in [6.07, 6.45) is 1.74. The zero-order chi connectivity index (χ0) is 18.2. The van der Waals surface area contributed by atoms with Crippen LogP contribution in [0.1, 0.15) is 52.5 Å². The molecule has 5 heteroatoms. The Balaban J connectivity index is 1.85. The fraction of sp³-hybridized carbons (Fsp3) is 0.250. The van der Waals surface area contributed by atoms with Crippen molar-refractivity contribution in [2.75, 3.05) is 11.9 Å². The Morgan fingerprint density at radius 3 is 2.28 bits per heavy atom. The molecule has 0 aromatic heterocycles. The quantitative estimate of drug-likeness (QED) is 0.615. The molecule has 0 aliphatic rings. The molecule has 0 aliphatic carbocycles. The summed E-state index contributed by atoms with van der Waals surface area (Å²) < 4.78 is 4.98. The second-order valence-corrected chi connectivity index (χ2v) is 5.80. The van der Waals surface area contributed by atoms with Crippen LogP contribution in [0.25, 0.3) is 0 Å². The maximum atomic E-state index is 11.9. The van der Waals surface area contributed by atoms with Gasteiger partial charge in [0.15, 0.2) is 6.61 Å².